The van der Waals surface area contributed by atoms with Gasteiger partial charge < -0.3 is 5.73 Å². The second-order valence-electron chi connectivity index (χ2n) is 3.41. The monoisotopic (exact) mass is 205 g/mol. The largest absolute Gasteiger partial charge is 0.325 e. The smallest absolute Gasteiger partial charge is 0.0760 e. The molecule has 0 aromatic carbocycles. The van der Waals surface area contributed by atoms with Crippen LogP contribution in [0.5, 0.6) is 0 Å². The van der Waals surface area contributed by atoms with E-state index in [1.165, 1.54) is 0 Å². The number of nitrogens with zero attached hydrogens (tertiary/aromatic N) is 4. The van der Waals surface area contributed by atoms with Crippen LogP contribution in [0.2, 0.25) is 0 Å². The van der Waals surface area contributed by atoms with Crippen molar-refractivity contribution in [2.75, 3.05) is 0 Å². The maximum atomic E-state index is 5.49. The average Bonchev–Trinajstić information content (AvgIpc) is 2.87. The van der Waals surface area contributed by atoms with Crippen LogP contribution in [-0.4, -0.2) is 19.6 Å². The molecule has 2 N–H and O–H groups in total. The highest BCUT2D eigenvalue weighted by Gasteiger charge is 2.00. The normalized spacial score (nSPS) is 10.8. The molecule has 0 fully saturated rings. The minimum absolute atomic E-state index is 0.487. The van der Waals surface area contributed by atoms with E-state index in [1.54, 1.807) is 0 Å². The highest BCUT2D eigenvalue weighted by molar-refractivity contribution is 5.06. The van der Waals surface area contributed by atoms with Crippen molar-refractivity contribution in [1.82, 2.24) is 19.6 Å². The number of aryl methyl sites for hydroxylation is 1. The van der Waals surface area contributed by atoms with E-state index in [2.05, 4.69) is 17.1 Å². The SMILES string of the molecule is CCn1cc(Cn2ccc(CN)n2)cn1. The quantitative estimate of drug-likeness (QED) is 0.795. The summed E-state index contributed by atoms with van der Waals surface area (Å²) in [5.41, 5.74) is 7.56. The van der Waals surface area contributed by atoms with E-state index in [-0.39, 0.29) is 0 Å². The molecular weight excluding hydrogens is 190 g/mol. The molecule has 2 rings (SSSR count). The van der Waals surface area contributed by atoms with Crippen molar-refractivity contribution in [3.63, 3.8) is 0 Å². The summed E-state index contributed by atoms with van der Waals surface area (Å²) < 4.78 is 3.78. The van der Waals surface area contributed by atoms with Gasteiger partial charge in [-0.05, 0) is 13.0 Å². The molecule has 80 valence electrons. The molecule has 0 bridgehead atoms. The fourth-order valence-electron chi connectivity index (χ4n) is 1.45. The molecule has 0 radical (unpaired) electrons. The molecule has 0 unspecified atom stereocenters. The first-order valence-corrected chi connectivity index (χ1v) is 5.05. The summed E-state index contributed by atoms with van der Waals surface area (Å²) in [7, 11) is 0. The van der Waals surface area contributed by atoms with Crippen LogP contribution in [0, 0.1) is 0 Å². The van der Waals surface area contributed by atoms with Crippen LogP contribution in [0.1, 0.15) is 18.2 Å². The zero-order valence-electron chi connectivity index (χ0n) is 8.80. The van der Waals surface area contributed by atoms with Gasteiger partial charge in [0.1, 0.15) is 0 Å². The van der Waals surface area contributed by atoms with Crippen LogP contribution in [-0.2, 0) is 19.6 Å². The van der Waals surface area contributed by atoms with Gasteiger partial charge in [0.2, 0.25) is 0 Å². The maximum absolute atomic E-state index is 5.49. The van der Waals surface area contributed by atoms with Crippen molar-refractivity contribution in [3.8, 4) is 0 Å². The van der Waals surface area contributed by atoms with Gasteiger partial charge in [0.15, 0.2) is 0 Å². The van der Waals surface area contributed by atoms with Gasteiger partial charge in [-0.15, -0.1) is 0 Å². The van der Waals surface area contributed by atoms with Gasteiger partial charge in [-0.2, -0.15) is 10.2 Å². The van der Waals surface area contributed by atoms with Crippen molar-refractivity contribution in [1.29, 1.82) is 0 Å². The second-order valence-corrected chi connectivity index (χ2v) is 3.41. The lowest BCUT2D eigenvalue weighted by molar-refractivity contribution is 0.652. The van der Waals surface area contributed by atoms with Gasteiger partial charge >= 0.3 is 0 Å². The molecule has 0 amide bonds. The van der Waals surface area contributed by atoms with E-state index in [9.17, 15) is 0 Å². The molecular formula is C10H15N5. The molecule has 0 atom stereocenters. The van der Waals surface area contributed by atoms with Gasteiger partial charge in [0.25, 0.3) is 0 Å². The molecule has 0 saturated heterocycles. The Bertz CT molecular complexity index is 388. The third-order valence-corrected chi connectivity index (χ3v) is 2.26. The fraction of sp³-hybridized carbons (Fsp3) is 0.400. The van der Waals surface area contributed by atoms with Crippen LogP contribution in [0.25, 0.3) is 0 Å². The first-order valence-electron chi connectivity index (χ1n) is 5.05. The van der Waals surface area contributed by atoms with Crippen LogP contribution in [0.15, 0.2) is 24.7 Å². The topological polar surface area (TPSA) is 61.7 Å². The summed E-state index contributed by atoms with van der Waals surface area (Å²) in [6.07, 6.45) is 5.84. The Kier molecular flexibility index (Phi) is 2.82. The van der Waals surface area contributed by atoms with E-state index in [4.69, 9.17) is 5.73 Å². The number of hydrogen-bond acceptors (Lipinski definition) is 3. The highest BCUT2D eigenvalue weighted by atomic mass is 15.3. The van der Waals surface area contributed by atoms with Crippen LogP contribution in [0.3, 0.4) is 0 Å². The highest BCUT2D eigenvalue weighted by Crippen LogP contribution is 2.02. The first-order chi connectivity index (χ1) is 7.31. The van der Waals surface area contributed by atoms with Crippen molar-refractivity contribution < 1.29 is 0 Å². The van der Waals surface area contributed by atoms with Crippen molar-refractivity contribution in [3.05, 3.63) is 35.9 Å². The lowest BCUT2D eigenvalue weighted by Crippen LogP contribution is -2.03. The summed E-state index contributed by atoms with van der Waals surface area (Å²) in [4.78, 5) is 0. The third-order valence-electron chi connectivity index (χ3n) is 2.26. The predicted octanol–water partition coefficient (Wildman–Crippen LogP) is 0.606. The summed E-state index contributed by atoms with van der Waals surface area (Å²) in [5.74, 6) is 0. The van der Waals surface area contributed by atoms with Gasteiger partial charge in [-0.3, -0.25) is 9.36 Å². The fourth-order valence-corrected chi connectivity index (χ4v) is 1.45. The summed E-state index contributed by atoms with van der Waals surface area (Å²) in [5, 5.41) is 8.52. The minimum atomic E-state index is 0.487. The molecule has 0 aliphatic rings. The van der Waals surface area contributed by atoms with Crippen molar-refractivity contribution >= 4 is 0 Å². The molecule has 15 heavy (non-hydrogen) atoms. The summed E-state index contributed by atoms with van der Waals surface area (Å²) >= 11 is 0. The summed E-state index contributed by atoms with van der Waals surface area (Å²) in [6.45, 7) is 4.20. The molecule has 2 heterocycles. The van der Waals surface area contributed by atoms with Gasteiger partial charge in [-0.25, -0.2) is 0 Å². The minimum Gasteiger partial charge on any atom is -0.325 e. The maximum Gasteiger partial charge on any atom is 0.0760 e. The molecule has 0 aliphatic carbocycles. The Hall–Kier alpha value is -1.62. The lowest BCUT2D eigenvalue weighted by Gasteiger charge is -1.97. The molecule has 2 aromatic heterocycles. The molecule has 0 spiro atoms. The predicted molar refractivity (Wildman–Crippen MR) is 57.1 cm³/mol. The Morgan fingerprint density at radius 1 is 1.40 bits per heavy atom. The number of rotatable bonds is 4. The Balaban J connectivity index is 2.07. The third kappa shape index (κ3) is 2.24. The Morgan fingerprint density at radius 3 is 2.87 bits per heavy atom. The second kappa shape index (κ2) is 4.27. The van der Waals surface area contributed by atoms with Crippen molar-refractivity contribution in [2.45, 2.75) is 26.6 Å². The number of nitrogens with two attached hydrogens (primary N) is 1. The molecule has 2 aromatic rings. The van der Waals surface area contributed by atoms with Gasteiger partial charge in [0.05, 0.1) is 18.4 Å². The van der Waals surface area contributed by atoms with Gasteiger partial charge in [-0.1, -0.05) is 0 Å². The van der Waals surface area contributed by atoms with E-state index >= 15 is 0 Å². The summed E-state index contributed by atoms with van der Waals surface area (Å²) in [6, 6.07) is 1.93. The van der Waals surface area contributed by atoms with Crippen LogP contribution >= 0.6 is 0 Å². The average molecular weight is 205 g/mol. The Labute approximate surface area is 88.5 Å². The van der Waals surface area contributed by atoms with Crippen molar-refractivity contribution in [2.24, 2.45) is 5.73 Å². The van der Waals surface area contributed by atoms with E-state index in [1.807, 2.05) is 34.0 Å². The van der Waals surface area contributed by atoms with E-state index < -0.39 is 0 Å². The standard InChI is InChI=1S/C10H15N5/c1-2-14-7-9(6-12-14)8-15-4-3-10(5-11)13-15/h3-4,6-7H,2,5,8,11H2,1H3. The zero-order valence-corrected chi connectivity index (χ0v) is 8.80. The molecule has 5 nitrogen and oxygen atoms in total. The molecule has 5 heteroatoms. The Morgan fingerprint density at radius 2 is 2.27 bits per heavy atom. The molecule has 0 saturated carbocycles. The van der Waals surface area contributed by atoms with Crippen LogP contribution in [0.4, 0.5) is 0 Å². The van der Waals surface area contributed by atoms with Gasteiger partial charge in [0, 0.05) is 31.0 Å². The van der Waals surface area contributed by atoms with Crippen LogP contribution < -0.4 is 5.73 Å². The molecule has 0 aliphatic heterocycles. The number of aromatic nitrogens is 4. The van der Waals surface area contributed by atoms with E-state index in [0.29, 0.717) is 6.54 Å². The lowest BCUT2D eigenvalue weighted by atomic mass is 10.4. The van der Waals surface area contributed by atoms with E-state index in [0.717, 1.165) is 24.3 Å². The zero-order chi connectivity index (χ0) is 10.7. The first kappa shape index (κ1) is 9.92. The number of hydrogen-bond donors (Lipinski definition) is 1.